The fourth-order valence-electron chi connectivity index (χ4n) is 3.50. The Kier molecular flexibility index (Phi) is 7.01. The van der Waals surface area contributed by atoms with E-state index in [2.05, 4.69) is 5.10 Å². The number of nitrogens with zero attached hydrogens (tertiary/aromatic N) is 3. The molecule has 0 unspecified atom stereocenters. The van der Waals surface area contributed by atoms with Crippen molar-refractivity contribution >= 4 is 30.0 Å². The summed E-state index contributed by atoms with van der Waals surface area (Å²) >= 11 is 0. The van der Waals surface area contributed by atoms with E-state index in [0.717, 1.165) is 16.8 Å². The van der Waals surface area contributed by atoms with Crippen LogP contribution in [-0.2, 0) is 0 Å². The van der Waals surface area contributed by atoms with Crippen LogP contribution in [0.5, 0.6) is 23.0 Å². The maximum Gasteiger partial charge on any atom is 0.269 e. The average Bonchev–Trinajstić information content (AvgIpc) is 3.30. The summed E-state index contributed by atoms with van der Waals surface area (Å²) in [5, 5.41) is 35.3. The Morgan fingerprint density at radius 3 is 1.89 bits per heavy atom. The normalized spacial score (nSPS) is 11.3. The fraction of sp³-hybridized carbons (Fsp3) is 0.0741. The third-order valence-corrected chi connectivity index (χ3v) is 5.36. The molecule has 3 aromatic carbocycles. The van der Waals surface area contributed by atoms with Gasteiger partial charge in [0.25, 0.3) is 5.69 Å². The van der Waals surface area contributed by atoms with Crippen molar-refractivity contribution < 1.29 is 24.6 Å². The van der Waals surface area contributed by atoms with Gasteiger partial charge in [-0.05, 0) is 65.7 Å². The number of phenols is 2. The molecule has 0 saturated carbocycles. The molecule has 0 aliphatic carbocycles. The first-order valence-corrected chi connectivity index (χ1v) is 10.8. The largest absolute Gasteiger partial charge is 0.504 e. The molecular weight excluding hydrogens is 462 g/mol. The number of aromatic hydroxyl groups is 2. The summed E-state index contributed by atoms with van der Waals surface area (Å²) in [7, 11) is 2.96. The number of ether oxygens (including phenoxy) is 2. The molecule has 4 aromatic rings. The van der Waals surface area contributed by atoms with Gasteiger partial charge in [0.2, 0.25) is 0 Å². The number of hydrogen-bond donors (Lipinski definition) is 2. The summed E-state index contributed by atoms with van der Waals surface area (Å²) in [6.45, 7) is 0. The first kappa shape index (κ1) is 24.1. The van der Waals surface area contributed by atoms with Crippen LogP contribution in [0.1, 0.15) is 22.5 Å². The van der Waals surface area contributed by atoms with Crippen LogP contribution in [0.4, 0.5) is 5.69 Å². The Hall–Kier alpha value is -5.05. The lowest BCUT2D eigenvalue weighted by atomic mass is 10.1. The Labute approximate surface area is 206 Å². The van der Waals surface area contributed by atoms with Gasteiger partial charge < -0.3 is 19.7 Å². The van der Waals surface area contributed by atoms with Crippen molar-refractivity contribution in [3.63, 3.8) is 0 Å². The number of non-ortho nitro benzene ring substituents is 1. The molecule has 0 radical (unpaired) electrons. The number of phenolic OH excluding ortho intramolecular Hbond substituents is 2. The molecular formula is C27H23N3O6. The molecule has 0 fully saturated rings. The maximum atomic E-state index is 11.1. The zero-order chi connectivity index (χ0) is 25.7. The zero-order valence-corrected chi connectivity index (χ0v) is 19.5. The molecule has 0 bridgehead atoms. The van der Waals surface area contributed by atoms with Crippen molar-refractivity contribution in [3.05, 3.63) is 99.4 Å². The molecule has 0 spiro atoms. The van der Waals surface area contributed by atoms with Gasteiger partial charge >= 0.3 is 0 Å². The van der Waals surface area contributed by atoms with Gasteiger partial charge in [-0.3, -0.25) is 10.1 Å². The molecule has 2 N–H and O–H groups in total. The summed E-state index contributed by atoms with van der Waals surface area (Å²) in [6.07, 6.45) is 7.35. The van der Waals surface area contributed by atoms with Crippen molar-refractivity contribution in [2.75, 3.05) is 14.2 Å². The molecule has 182 valence electrons. The number of rotatable bonds is 8. The van der Waals surface area contributed by atoms with Crippen molar-refractivity contribution in [1.29, 1.82) is 0 Å². The van der Waals surface area contributed by atoms with E-state index in [1.54, 1.807) is 53.2 Å². The van der Waals surface area contributed by atoms with E-state index in [1.165, 1.54) is 26.4 Å². The highest BCUT2D eigenvalue weighted by molar-refractivity contribution is 5.74. The molecule has 0 aliphatic heterocycles. The zero-order valence-electron chi connectivity index (χ0n) is 19.5. The molecule has 1 heterocycles. The highest BCUT2D eigenvalue weighted by Crippen LogP contribution is 2.29. The molecule has 9 nitrogen and oxygen atoms in total. The Morgan fingerprint density at radius 1 is 0.806 bits per heavy atom. The molecule has 0 atom stereocenters. The molecule has 0 aliphatic rings. The van der Waals surface area contributed by atoms with E-state index in [0.29, 0.717) is 22.9 Å². The molecule has 4 rings (SSSR count). The molecule has 9 heteroatoms. The summed E-state index contributed by atoms with van der Waals surface area (Å²) < 4.78 is 12.0. The molecule has 0 amide bonds. The summed E-state index contributed by atoms with van der Waals surface area (Å²) in [5.41, 5.74) is 3.61. The Balaban J connectivity index is 1.71. The van der Waals surface area contributed by atoms with Gasteiger partial charge in [0.1, 0.15) is 0 Å². The van der Waals surface area contributed by atoms with Crippen molar-refractivity contribution in [2.24, 2.45) is 0 Å². The van der Waals surface area contributed by atoms with E-state index >= 15 is 0 Å². The van der Waals surface area contributed by atoms with Crippen LogP contribution in [0.2, 0.25) is 0 Å². The maximum absolute atomic E-state index is 11.1. The van der Waals surface area contributed by atoms with Crippen molar-refractivity contribution in [2.45, 2.75) is 0 Å². The van der Waals surface area contributed by atoms with Crippen molar-refractivity contribution in [1.82, 2.24) is 9.78 Å². The second kappa shape index (κ2) is 10.5. The van der Waals surface area contributed by atoms with Gasteiger partial charge in [-0.15, -0.1) is 0 Å². The summed E-state index contributed by atoms with van der Waals surface area (Å²) in [6, 6.07) is 18.0. The van der Waals surface area contributed by atoms with Crippen LogP contribution in [0, 0.1) is 10.1 Å². The van der Waals surface area contributed by atoms with Gasteiger partial charge in [0, 0.05) is 12.1 Å². The minimum absolute atomic E-state index is 0.0133. The van der Waals surface area contributed by atoms with Gasteiger partial charge in [0.15, 0.2) is 23.0 Å². The third kappa shape index (κ3) is 5.36. The summed E-state index contributed by atoms with van der Waals surface area (Å²) in [4.78, 5) is 10.6. The molecule has 0 saturated heterocycles. The second-order valence-corrected chi connectivity index (χ2v) is 7.71. The van der Waals surface area contributed by atoms with Crippen LogP contribution in [0.25, 0.3) is 30.0 Å². The lowest BCUT2D eigenvalue weighted by molar-refractivity contribution is -0.384. The third-order valence-electron chi connectivity index (χ3n) is 5.36. The van der Waals surface area contributed by atoms with Gasteiger partial charge in [-0.25, -0.2) is 4.68 Å². The second-order valence-electron chi connectivity index (χ2n) is 7.71. The van der Waals surface area contributed by atoms with Gasteiger partial charge in [0.05, 0.1) is 36.2 Å². The van der Waals surface area contributed by atoms with E-state index in [1.807, 2.05) is 30.4 Å². The molecule has 1 aromatic heterocycles. The minimum Gasteiger partial charge on any atom is -0.504 e. The number of hydrogen-bond acceptors (Lipinski definition) is 7. The number of aromatic nitrogens is 2. The Morgan fingerprint density at radius 2 is 1.36 bits per heavy atom. The van der Waals surface area contributed by atoms with Gasteiger partial charge in [-0.2, -0.15) is 5.10 Å². The number of nitro benzene ring substituents is 1. The summed E-state index contributed by atoms with van der Waals surface area (Å²) in [5.74, 6) is 0.815. The van der Waals surface area contributed by atoms with Crippen LogP contribution in [0.3, 0.4) is 0 Å². The first-order valence-electron chi connectivity index (χ1n) is 10.8. The standard InChI is InChI=1S/C27H23N3O6/c1-35-26-15-18(5-13-24(26)31)3-7-20-17-23(8-4-19-6-14-25(32)27(16-19)36-2)29(28-20)21-9-11-22(12-10-21)30(33)34/h3-17,31-32H,1-2H3/b7-3+,8-4+. The van der Waals surface area contributed by atoms with Crippen LogP contribution < -0.4 is 9.47 Å². The lowest BCUT2D eigenvalue weighted by Gasteiger charge is -2.05. The number of methoxy groups -OCH3 is 2. The quantitative estimate of drug-likeness (QED) is 0.248. The minimum atomic E-state index is -0.452. The van der Waals surface area contributed by atoms with E-state index in [4.69, 9.17) is 9.47 Å². The highest BCUT2D eigenvalue weighted by Gasteiger charge is 2.10. The van der Waals surface area contributed by atoms with Gasteiger partial charge in [-0.1, -0.05) is 24.3 Å². The van der Waals surface area contributed by atoms with E-state index in [-0.39, 0.29) is 17.2 Å². The Bertz CT molecular complexity index is 1460. The lowest BCUT2D eigenvalue weighted by Crippen LogP contribution is -1.99. The monoisotopic (exact) mass is 485 g/mol. The topological polar surface area (TPSA) is 120 Å². The average molecular weight is 485 g/mol. The fourth-order valence-corrected chi connectivity index (χ4v) is 3.50. The SMILES string of the molecule is COc1cc(/C=C/c2cc(/C=C/c3ccc(O)c(OC)c3)n(-c3ccc([N+](=O)[O-])cc3)n2)ccc1O. The van der Waals surface area contributed by atoms with Crippen molar-refractivity contribution in [3.8, 4) is 28.7 Å². The van der Waals surface area contributed by atoms with Crippen LogP contribution >= 0.6 is 0 Å². The number of nitro groups is 1. The van der Waals surface area contributed by atoms with Crippen LogP contribution in [0.15, 0.2) is 66.7 Å². The van der Waals surface area contributed by atoms with E-state index < -0.39 is 4.92 Å². The molecule has 36 heavy (non-hydrogen) atoms. The van der Waals surface area contributed by atoms with Crippen LogP contribution in [-0.4, -0.2) is 39.1 Å². The van der Waals surface area contributed by atoms with E-state index in [9.17, 15) is 20.3 Å². The smallest absolute Gasteiger partial charge is 0.269 e. The predicted molar refractivity (Wildman–Crippen MR) is 137 cm³/mol. The number of benzene rings is 3. The predicted octanol–water partition coefficient (Wildman–Crippen LogP) is 5.55. The highest BCUT2D eigenvalue weighted by atomic mass is 16.6. The first-order chi connectivity index (χ1) is 17.4.